The van der Waals surface area contributed by atoms with Crippen LogP contribution in [-0.4, -0.2) is 17.0 Å². The van der Waals surface area contributed by atoms with Crippen molar-refractivity contribution in [2.75, 3.05) is 7.05 Å². The molecule has 0 spiro atoms. The maximum atomic E-state index is 14.2. The number of aryl methyl sites for hydroxylation is 1. The van der Waals surface area contributed by atoms with E-state index in [0.717, 1.165) is 39.4 Å². The van der Waals surface area contributed by atoms with Crippen LogP contribution in [0.2, 0.25) is 0 Å². The van der Waals surface area contributed by atoms with E-state index in [1.165, 1.54) is 17.2 Å². The van der Waals surface area contributed by atoms with Crippen LogP contribution < -0.4 is 16.0 Å². The highest BCUT2D eigenvalue weighted by molar-refractivity contribution is 5.95. The Kier molecular flexibility index (Phi) is 4.79. The van der Waals surface area contributed by atoms with Crippen LogP contribution in [0.1, 0.15) is 23.6 Å². The topological polar surface area (TPSA) is 28.2 Å². The van der Waals surface area contributed by atoms with Crippen LogP contribution in [0.3, 0.4) is 0 Å². The van der Waals surface area contributed by atoms with Crippen molar-refractivity contribution in [3.8, 4) is 11.1 Å². The number of hydrogen-bond donors (Lipinski definition) is 1. The van der Waals surface area contributed by atoms with Gasteiger partial charge in [-0.25, -0.2) is 14.4 Å². The molecule has 1 aliphatic rings. The highest BCUT2D eigenvalue weighted by Crippen LogP contribution is 2.32. The van der Waals surface area contributed by atoms with Crippen molar-refractivity contribution in [1.82, 2.24) is 15.4 Å². The zero-order valence-electron chi connectivity index (χ0n) is 17.7. The van der Waals surface area contributed by atoms with Crippen molar-refractivity contribution < 1.29 is 4.39 Å². The molecule has 154 valence electrons. The summed E-state index contributed by atoms with van der Waals surface area (Å²) >= 11 is 0. The SMILES string of the molecule is C=c1nc2ccccc2c(-c2cccc(F)c2)c1=C1CC(c2ccc(C)cc2)N(C)N1. The maximum absolute atomic E-state index is 14.2. The fourth-order valence-electron chi connectivity index (χ4n) is 4.49. The van der Waals surface area contributed by atoms with Gasteiger partial charge >= 0.3 is 0 Å². The number of aromatic nitrogens is 1. The molecule has 31 heavy (non-hydrogen) atoms. The van der Waals surface area contributed by atoms with E-state index in [1.54, 1.807) is 12.1 Å². The Balaban J connectivity index is 1.78. The Morgan fingerprint density at radius 3 is 2.58 bits per heavy atom. The monoisotopic (exact) mass is 409 g/mol. The Morgan fingerprint density at radius 1 is 1.03 bits per heavy atom. The van der Waals surface area contributed by atoms with Gasteiger partial charge in [0, 0.05) is 35.3 Å². The Bertz CT molecular complexity index is 1390. The fourth-order valence-corrected chi connectivity index (χ4v) is 4.49. The number of fused-ring (bicyclic) bond motifs is 1. The Morgan fingerprint density at radius 2 is 1.81 bits per heavy atom. The van der Waals surface area contributed by atoms with E-state index in [1.807, 2.05) is 30.3 Å². The minimum absolute atomic E-state index is 0.196. The summed E-state index contributed by atoms with van der Waals surface area (Å²) in [5.74, 6) is -0.256. The molecule has 1 fully saturated rings. The molecule has 0 radical (unpaired) electrons. The molecule has 1 saturated heterocycles. The van der Waals surface area contributed by atoms with E-state index in [2.05, 4.69) is 55.3 Å². The first-order valence-corrected chi connectivity index (χ1v) is 10.4. The summed E-state index contributed by atoms with van der Waals surface area (Å²) in [4.78, 5) is 4.78. The van der Waals surface area contributed by atoms with Crippen LogP contribution in [0.25, 0.3) is 34.3 Å². The van der Waals surface area contributed by atoms with Gasteiger partial charge in [0.05, 0.1) is 16.9 Å². The fraction of sp³-hybridized carbons (Fsp3) is 0.148. The lowest BCUT2D eigenvalue weighted by Crippen LogP contribution is -2.36. The minimum Gasteiger partial charge on any atom is -0.322 e. The molecule has 4 heteroatoms. The maximum Gasteiger partial charge on any atom is 0.123 e. The number of hydrazine groups is 1. The molecule has 1 aliphatic heterocycles. The van der Waals surface area contributed by atoms with E-state index in [0.29, 0.717) is 5.35 Å². The number of rotatable bonds is 2. The minimum atomic E-state index is -0.256. The number of benzene rings is 3. The third-order valence-electron chi connectivity index (χ3n) is 6.02. The molecule has 3 nitrogen and oxygen atoms in total. The van der Waals surface area contributed by atoms with Crippen molar-refractivity contribution in [1.29, 1.82) is 0 Å². The zero-order chi connectivity index (χ0) is 21.5. The first-order valence-electron chi connectivity index (χ1n) is 10.4. The molecular formula is C27H24FN3. The van der Waals surface area contributed by atoms with Gasteiger partial charge in [-0.15, -0.1) is 0 Å². The van der Waals surface area contributed by atoms with Crippen molar-refractivity contribution in [2.45, 2.75) is 19.4 Å². The third kappa shape index (κ3) is 3.49. The second kappa shape index (κ2) is 7.64. The summed E-state index contributed by atoms with van der Waals surface area (Å²) in [6.07, 6.45) is 0.796. The van der Waals surface area contributed by atoms with Crippen LogP contribution in [-0.2, 0) is 0 Å². The zero-order valence-corrected chi connectivity index (χ0v) is 17.7. The van der Waals surface area contributed by atoms with Crippen LogP contribution in [0, 0.1) is 12.7 Å². The largest absolute Gasteiger partial charge is 0.322 e. The van der Waals surface area contributed by atoms with Crippen molar-refractivity contribution in [3.05, 3.63) is 100 Å². The molecule has 0 aliphatic carbocycles. The Labute approximate surface area is 181 Å². The van der Waals surface area contributed by atoms with Gasteiger partial charge in [0.1, 0.15) is 5.82 Å². The van der Waals surface area contributed by atoms with E-state index in [4.69, 9.17) is 4.98 Å². The van der Waals surface area contributed by atoms with Gasteiger partial charge < -0.3 is 5.43 Å². The molecule has 4 aromatic rings. The molecule has 0 amide bonds. The summed E-state index contributed by atoms with van der Waals surface area (Å²) in [7, 11) is 2.05. The second-order valence-electron chi connectivity index (χ2n) is 8.17. The van der Waals surface area contributed by atoms with Gasteiger partial charge in [0.25, 0.3) is 0 Å². The lowest BCUT2D eigenvalue weighted by Gasteiger charge is -2.19. The molecule has 3 aromatic carbocycles. The van der Waals surface area contributed by atoms with Gasteiger partial charge in [0.2, 0.25) is 0 Å². The van der Waals surface area contributed by atoms with Gasteiger partial charge in [-0.05, 0) is 36.2 Å². The smallest absolute Gasteiger partial charge is 0.123 e. The summed E-state index contributed by atoms with van der Waals surface area (Å²) in [6.45, 7) is 6.37. The number of pyridine rings is 1. The average Bonchev–Trinajstić information content (AvgIpc) is 3.14. The highest BCUT2D eigenvalue weighted by Gasteiger charge is 2.27. The number of nitrogens with one attached hydrogen (secondary N) is 1. The van der Waals surface area contributed by atoms with Crippen LogP contribution in [0.4, 0.5) is 4.39 Å². The number of halogens is 1. The lowest BCUT2D eigenvalue weighted by molar-refractivity contribution is 0.249. The predicted molar refractivity (Wildman–Crippen MR) is 125 cm³/mol. The average molecular weight is 410 g/mol. The molecule has 1 N–H and O–H groups in total. The van der Waals surface area contributed by atoms with Gasteiger partial charge in [-0.2, -0.15) is 0 Å². The van der Waals surface area contributed by atoms with Crippen LogP contribution in [0.15, 0.2) is 72.8 Å². The number of nitrogens with zero attached hydrogens (tertiary/aromatic N) is 2. The van der Waals surface area contributed by atoms with E-state index < -0.39 is 0 Å². The molecule has 0 saturated carbocycles. The van der Waals surface area contributed by atoms with Gasteiger partial charge in [0.15, 0.2) is 0 Å². The number of para-hydroxylation sites is 1. The van der Waals surface area contributed by atoms with E-state index in [-0.39, 0.29) is 11.9 Å². The predicted octanol–water partition coefficient (Wildman–Crippen LogP) is 4.45. The third-order valence-corrected chi connectivity index (χ3v) is 6.02. The van der Waals surface area contributed by atoms with Crippen LogP contribution >= 0.6 is 0 Å². The normalized spacial score (nSPS) is 18.4. The standard InChI is InChI=1S/C27H24FN3/c1-17-11-13-19(14-12-17)25-16-24(30-31(25)3)26-18(2)29-23-10-5-4-9-22(23)27(26)20-7-6-8-21(28)15-20/h4-15,25,30H,2,16H2,1,3H3. The quantitative estimate of drug-likeness (QED) is 0.530. The first kappa shape index (κ1) is 19.5. The molecule has 1 aromatic heterocycles. The molecule has 0 bridgehead atoms. The summed E-state index contributed by atoms with van der Waals surface area (Å²) in [6, 6.07) is 23.6. The summed E-state index contributed by atoms with van der Waals surface area (Å²) in [5.41, 5.74) is 9.74. The van der Waals surface area contributed by atoms with Gasteiger partial charge in [-0.1, -0.05) is 66.7 Å². The summed E-state index contributed by atoms with van der Waals surface area (Å²) in [5, 5.41) is 4.76. The number of hydrogen-bond acceptors (Lipinski definition) is 3. The molecule has 5 rings (SSSR count). The van der Waals surface area contributed by atoms with Crippen molar-refractivity contribution in [3.63, 3.8) is 0 Å². The molecular weight excluding hydrogens is 385 g/mol. The molecule has 1 atom stereocenters. The Hall–Kier alpha value is -3.50. The van der Waals surface area contributed by atoms with Gasteiger partial charge in [-0.3, -0.25) is 0 Å². The van der Waals surface area contributed by atoms with E-state index in [9.17, 15) is 4.39 Å². The van der Waals surface area contributed by atoms with Crippen LogP contribution in [0.5, 0.6) is 0 Å². The lowest BCUT2D eigenvalue weighted by atomic mass is 9.95. The first-order chi connectivity index (χ1) is 15.0. The highest BCUT2D eigenvalue weighted by atomic mass is 19.1. The molecule has 2 heterocycles. The van der Waals surface area contributed by atoms with E-state index >= 15 is 0 Å². The molecule has 1 unspecified atom stereocenters. The second-order valence-corrected chi connectivity index (χ2v) is 8.17. The van der Waals surface area contributed by atoms with Crippen molar-refractivity contribution >= 4 is 23.2 Å². The van der Waals surface area contributed by atoms with Crippen molar-refractivity contribution in [2.24, 2.45) is 0 Å². The summed E-state index contributed by atoms with van der Waals surface area (Å²) < 4.78 is 14.2.